The third-order valence-corrected chi connectivity index (χ3v) is 5.13. The highest BCUT2D eigenvalue weighted by molar-refractivity contribution is 8.13. The molecule has 1 aliphatic carbocycles. The van der Waals surface area contributed by atoms with Crippen molar-refractivity contribution in [2.24, 2.45) is 5.92 Å². The van der Waals surface area contributed by atoms with Gasteiger partial charge in [0.15, 0.2) is 0 Å². The molecule has 0 radical (unpaired) electrons. The maximum absolute atomic E-state index is 11.9. The third-order valence-electron chi connectivity index (χ3n) is 3.79. The van der Waals surface area contributed by atoms with Crippen LogP contribution in [0.3, 0.4) is 0 Å². The molecule has 1 amide bonds. The molecule has 0 spiro atoms. The highest BCUT2D eigenvalue weighted by Crippen LogP contribution is 2.31. The zero-order chi connectivity index (χ0) is 15.6. The molecule has 1 unspecified atom stereocenters. The summed E-state index contributed by atoms with van der Waals surface area (Å²) in [5.74, 6) is 0.285. The highest BCUT2D eigenvalue weighted by atomic mass is 35.7. The van der Waals surface area contributed by atoms with Gasteiger partial charge in [0.2, 0.25) is 5.91 Å². The molecule has 0 bridgehead atoms. The summed E-state index contributed by atoms with van der Waals surface area (Å²) >= 11 is 0. The van der Waals surface area contributed by atoms with Crippen molar-refractivity contribution in [3.05, 3.63) is 23.8 Å². The largest absolute Gasteiger partial charge is 0.495 e. The monoisotopic (exact) mass is 331 g/mol. The minimum Gasteiger partial charge on any atom is -0.495 e. The summed E-state index contributed by atoms with van der Waals surface area (Å²) in [6.07, 6.45) is 2.93. The van der Waals surface area contributed by atoms with Crippen molar-refractivity contribution in [1.82, 2.24) is 5.32 Å². The van der Waals surface area contributed by atoms with Gasteiger partial charge in [-0.25, -0.2) is 8.42 Å². The van der Waals surface area contributed by atoms with Crippen molar-refractivity contribution in [3.63, 3.8) is 0 Å². The van der Waals surface area contributed by atoms with Gasteiger partial charge >= 0.3 is 0 Å². The van der Waals surface area contributed by atoms with Gasteiger partial charge < -0.3 is 10.1 Å². The molecule has 1 fully saturated rings. The number of halogens is 1. The predicted octanol–water partition coefficient (Wildman–Crippen LogP) is 2.60. The molecule has 1 aromatic carbocycles. The molecule has 7 heteroatoms. The lowest BCUT2D eigenvalue weighted by atomic mass is 9.84. The highest BCUT2D eigenvalue weighted by Gasteiger charge is 2.27. The Morgan fingerprint density at radius 2 is 2.10 bits per heavy atom. The van der Waals surface area contributed by atoms with Crippen LogP contribution >= 0.6 is 10.7 Å². The second-order valence-corrected chi connectivity index (χ2v) is 7.74. The Balaban J connectivity index is 2.21. The van der Waals surface area contributed by atoms with Crippen LogP contribution in [0, 0.1) is 5.92 Å². The first-order chi connectivity index (χ1) is 9.82. The molecular formula is C14H18ClNO4S. The zero-order valence-corrected chi connectivity index (χ0v) is 13.5. The quantitative estimate of drug-likeness (QED) is 0.842. The number of rotatable bonds is 5. The second-order valence-electron chi connectivity index (χ2n) is 5.21. The Morgan fingerprint density at radius 3 is 2.57 bits per heavy atom. The lowest BCUT2D eigenvalue weighted by Gasteiger charge is -2.26. The van der Waals surface area contributed by atoms with E-state index in [9.17, 15) is 13.2 Å². The van der Waals surface area contributed by atoms with E-state index in [1.54, 1.807) is 6.07 Å². The van der Waals surface area contributed by atoms with Crippen LogP contribution < -0.4 is 10.1 Å². The third kappa shape index (κ3) is 3.68. The number of ether oxygens (including phenoxy) is 1. The number of nitrogens with one attached hydrogen (secondary N) is 1. The lowest BCUT2D eigenvalue weighted by Crippen LogP contribution is -2.36. The summed E-state index contributed by atoms with van der Waals surface area (Å²) in [5, 5.41) is 2.90. The van der Waals surface area contributed by atoms with Crippen LogP contribution in [0.1, 0.15) is 37.8 Å². The minimum absolute atomic E-state index is 0.0137. The molecule has 1 aromatic rings. The molecule has 1 saturated carbocycles. The van der Waals surface area contributed by atoms with E-state index in [1.165, 1.54) is 19.2 Å². The first-order valence-electron chi connectivity index (χ1n) is 6.76. The van der Waals surface area contributed by atoms with Crippen LogP contribution in [0.25, 0.3) is 0 Å². The fraction of sp³-hybridized carbons (Fsp3) is 0.500. The standard InChI is InChI=1S/C14H18ClNO4S/c1-9(16-14(17)10-4-3-5-10)11-6-7-12(20-2)13(8-11)21(15,18)19/h6-10H,3-5H2,1-2H3,(H,16,17). The van der Waals surface area contributed by atoms with Gasteiger partial charge in [-0.15, -0.1) is 0 Å². The van der Waals surface area contributed by atoms with Gasteiger partial charge in [0.25, 0.3) is 9.05 Å². The normalized spacial score (nSPS) is 16.9. The smallest absolute Gasteiger partial charge is 0.264 e. The summed E-state index contributed by atoms with van der Waals surface area (Å²) in [6, 6.07) is 4.40. The van der Waals surface area contributed by atoms with Gasteiger partial charge in [0.1, 0.15) is 10.6 Å². The number of carbonyl (C=O) groups excluding carboxylic acids is 1. The van der Waals surface area contributed by atoms with Crippen LogP contribution in [0.2, 0.25) is 0 Å². The molecular weight excluding hydrogens is 314 g/mol. The van der Waals surface area contributed by atoms with E-state index in [0.29, 0.717) is 5.56 Å². The predicted molar refractivity (Wildman–Crippen MR) is 79.9 cm³/mol. The fourth-order valence-corrected chi connectivity index (χ4v) is 3.27. The van der Waals surface area contributed by atoms with E-state index in [2.05, 4.69) is 5.32 Å². The summed E-state index contributed by atoms with van der Waals surface area (Å²) in [4.78, 5) is 11.8. The van der Waals surface area contributed by atoms with Gasteiger partial charge in [-0.05, 0) is 37.5 Å². The van der Waals surface area contributed by atoms with Gasteiger partial charge in [-0.1, -0.05) is 12.5 Å². The number of carbonyl (C=O) groups is 1. The Morgan fingerprint density at radius 1 is 1.43 bits per heavy atom. The van der Waals surface area contributed by atoms with Gasteiger partial charge in [0, 0.05) is 16.6 Å². The molecule has 116 valence electrons. The molecule has 1 N–H and O–H groups in total. The van der Waals surface area contributed by atoms with Gasteiger partial charge in [-0.3, -0.25) is 4.79 Å². The van der Waals surface area contributed by atoms with Crippen molar-refractivity contribution in [2.75, 3.05) is 7.11 Å². The Bertz CT molecular complexity index is 640. The average Bonchev–Trinajstić information content (AvgIpc) is 2.34. The maximum atomic E-state index is 11.9. The van der Waals surface area contributed by atoms with E-state index >= 15 is 0 Å². The lowest BCUT2D eigenvalue weighted by molar-refractivity contribution is -0.128. The molecule has 0 heterocycles. The Labute approximate surface area is 129 Å². The number of hydrogen-bond acceptors (Lipinski definition) is 4. The van der Waals surface area contributed by atoms with Crippen LogP contribution in [0.5, 0.6) is 5.75 Å². The summed E-state index contributed by atoms with van der Waals surface area (Å²) in [6.45, 7) is 1.81. The number of benzene rings is 1. The topological polar surface area (TPSA) is 72.5 Å². The summed E-state index contributed by atoms with van der Waals surface area (Å²) in [7, 11) is 2.88. The van der Waals surface area contributed by atoms with Crippen LogP contribution in [0.15, 0.2) is 23.1 Å². The van der Waals surface area contributed by atoms with Crippen LogP contribution in [0.4, 0.5) is 0 Å². The molecule has 0 aliphatic heterocycles. The SMILES string of the molecule is COc1ccc(C(C)NC(=O)C2CCC2)cc1S(=O)(=O)Cl. The van der Waals surface area contributed by atoms with Crippen molar-refractivity contribution >= 4 is 25.6 Å². The first kappa shape index (κ1) is 16.1. The average molecular weight is 332 g/mol. The number of amides is 1. The van der Waals surface area contributed by atoms with Crippen molar-refractivity contribution in [3.8, 4) is 5.75 Å². The van der Waals surface area contributed by atoms with Gasteiger partial charge in [-0.2, -0.15) is 0 Å². The molecule has 0 saturated heterocycles. The van der Waals surface area contributed by atoms with E-state index in [-0.39, 0.29) is 28.5 Å². The van der Waals surface area contributed by atoms with Crippen molar-refractivity contribution in [2.45, 2.75) is 37.1 Å². The maximum Gasteiger partial charge on any atom is 0.264 e. The van der Waals surface area contributed by atoms with Crippen LogP contribution in [-0.4, -0.2) is 21.4 Å². The molecule has 0 aromatic heterocycles. The van der Waals surface area contributed by atoms with Crippen molar-refractivity contribution < 1.29 is 17.9 Å². The number of hydrogen-bond donors (Lipinski definition) is 1. The summed E-state index contributed by atoms with van der Waals surface area (Å²) < 4.78 is 28.1. The Kier molecular flexibility index (Phi) is 4.78. The molecule has 2 rings (SSSR count). The fourth-order valence-electron chi connectivity index (χ4n) is 2.24. The molecule has 1 atom stereocenters. The van der Waals surface area contributed by atoms with E-state index in [4.69, 9.17) is 15.4 Å². The Hall–Kier alpha value is -1.27. The van der Waals surface area contributed by atoms with E-state index in [1.807, 2.05) is 6.92 Å². The zero-order valence-electron chi connectivity index (χ0n) is 11.9. The second kappa shape index (κ2) is 6.23. The van der Waals surface area contributed by atoms with Crippen molar-refractivity contribution in [1.29, 1.82) is 0 Å². The van der Waals surface area contributed by atoms with Crippen LogP contribution in [-0.2, 0) is 13.8 Å². The number of methoxy groups -OCH3 is 1. The minimum atomic E-state index is -3.91. The molecule has 21 heavy (non-hydrogen) atoms. The van der Waals surface area contributed by atoms with E-state index in [0.717, 1.165) is 19.3 Å². The molecule has 5 nitrogen and oxygen atoms in total. The van der Waals surface area contributed by atoms with Gasteiger partial charge in [0.05, 0.1) is 13.2 Å². The van der Waals surface area contributed by atoms with E-state index < -0.39 is 9.05 Å². The molecule has 1 aliphatic rings. The summed E-state index contributed by atoms with van der Waals surface area (Å²) in [5.41, 5.74) is 0.669. The first-order valence-corrected chi connectivity index (χ1v) is 9.07.